The van der Waals surface area contributed by atoms with Crippen molar-refractivity contribution < 1.29 is 18.6 Å². The average Bonchev–Trinajstić information content (AvgIpc) is 2.78. The van der Waals surface area contributed by atoms with E-state index in [4.69, 9.17) is 18.6 Å². The molecule has 0 aliphatic heterocycles. The minimum Gasteiger partial charge on any atom is -0.493 e. The fourth-order valence-electron chi connectivity index (χ4n) is 3.55. The van der Waals surface area contributed by atoms with Crippen molar-refractivity contribution in [3.05, 3.63) is 77.2 Å². The van der Waals surface area contributed by atoms with E-state index >= 15 is 0 Å². The van der Waals surface area contributed by atoms with Gasteiger partial charge in [-0.2, -0.15) is 0 Å². The first kappa shape index (κ1) is 18.6. The molecule has 0 aliphatic rings. The predicted octanol–water partition coefficient (Wildman–Crippen LogP) is 5.15. The Bertz CT molecular complexity index is 1210. The fraction of sp³-hybridized carbons (Fsp3) is 0.125. The largest absolute Gasteiger partial charge is 0.493 e. The van der Waals surface area contributed by atoms with E-state index in [1.54, 1.807) is 13.2 Å². The molecular weight excluding hydrogens is 368 g/mol. The first-order chi connectivity index (χ1) is 14.2. The number of methoxy groups -OCH3 is 3. The predicted molar refractivity (Wildman–Crippen MR) is 113 cm³/mol. The molecule has 0 radical (unpaired) electrons. The van der Waals surface area contributed by atoms with Gasteiger partial charge in [-0.05, 0) is 11.6 Å². The molecule has 0 spiro atoms. The van der Waals surface area contributed by atoms with E-state index in [2.05, 4.69) is 0 Å². The normalized spacial score (nSPS) is 10.7. The summed E-state index contributed by atoms with van der Waals surface area (Å²) >= 11 is 0. The van der Waals surface area contributed by atoms with Crippen LogP contribution in [0.15, 0.2) is 75.9 Å². The van der Waals surface area contributed by atoms with Crippen LogP contribution in [0.2, 0.25) is 0 Å². The molecule has 5 nitrogen and oxygen atoms in total. The molecule has 1 heterocycles. The van der Waals surface area contributed by atoms with Crippen LogP contribution in [0.5, 0.6) is 17.2 Å². The molecule has 0 N–H and O–H groups in total. The summed E-state index contributed by atoms with van der Waals surface area (Å²) in [6.45, 7) is 0. The molecule has 4 rings (SSSR count). The van der Waals surface area contributed by atoms with Crippen molar-refractivity contribution in [1.29, 1.82) is 0 Å². The highest BCUT2D eigenvalue weighted by molar-refractivity contribution is 6.07. The molecule has 0 bridgehead atoms. The zero-order valence-electron chi connectivity index (χ0n) is 16.4. The van der Waals surface area contributed by atoms with Crippen LogP contribution in [0.4, 0.5) is 0 Å². The van der Waals surface area contributed by atoms with Crippen LogP contribution in [0.3, 0.4) is 0 Å². The first-order valence-corrected chi connectivity index (χ1v) is 9.10. The highest BCUT2D eigenvalue weighted by Gasteiger charge is 2.25. The molecule has 5 heteroatoms. The Labute approximate surface area is 168 Å². The van der Waals surface area contributed by atoms with Crippen molar-refractivity contribution >= 4 is 10.8 Å². The van der Waals surface area contributed by atoms with Gasteiger partial charge >= 0.3 is 5.63 Å². The van der Waals surface area contributed by atoms with Gasteiger partial charge in [-0.3, -0.25) is 0 Å². The molecule has 3 aromatic carbocycles. The minimum atomic E-state index is -0.474. The summed E-state index contributed by atoms with van der Waals surface area (Å²) in [6, 6.07) is 20.9. The lowest BCUT2D eigenvalue weighted by Crippen LogP contribution is -2.06. The molecule has 0 aliphatic carbocycles. The van der Waals surface area contributed by atoms with Gasteiger partial charge in [-0.25, -0.2) is 4.79 Å². The van der Waals surface area contributed by atoms with Crippen LogP contribution in [-0.4, -0.2) is 21.3 Å². The number of benzene rings is 3. The monoisotopic (exact) mass is 388 g/mol. The molecule has 0 saturated heterocycles. The third-order valence-electron chi connectivity index (χ3n) is 4.82. The van der Waals surface area contributed by atoms with Crippen molar-refractivity contribution in [2.75, 3.05) is 21.3 Å². The van der Waals surface area contributed by atoms with Gasteiger partial charge in [0, 0.05) is 16.5 Å². The molecule has 146 valence electrons. The zero-order valence-corrected chi connectivity index (χ0v) is 16.4. The number of hydrogen-bond acceptors (Lipinski definition) is 5. The zero-order chi connectivity index (χ0) is 20.4. The van der Waals surface area contributed by atoms with Gasteiger partial charge in [0.2, 0.25) is 5.75 Å². The standard InChI is InChI=1S/C24H20O5/c1-26-18-14-17-20(23(28-3)22(18)27-2)19(15-10-6-4-7-11-15)21(29-24(17)25)16-12-8-5-9-13-16/h4-14H,1-3H3. The third kappa shape index (κ3) is 3.10. The van der Waals surface area contributed by atoms with Crippen molar-refractivity contribution in [2.45, 2.75) is 0 Å². The second-order valence-electron chi connectivity index (χ2n) is 6.39. The van der Waals surface area contributed by atoms with Crippen LogP contribution in [0, 0.1) is 0 Å². The molecule has 0 amide bonds. The van der Waals surface area contributed by atoms with Crippen molar-refractivity contribution in [2.24, 2.45) is 0 Å². The Hall–Kier alpha value is -3.73. The van der Waals surface area contributed by atoms with Gasteiger partial charge in [0.25, 0.3) is 0 Å². The maximum absolute atomic E-state index is 13.0. The van der Waals surface area contributed by atoms with Gasteiger partial charge in [-0.1, -0.05) is 60.7 Å². The molecule has 4 aromatic rings. The van der Waals surface area contributed by atoms with Crippen molar-refractivity contribution in [3.63, 3.8) is 0 Å². The lowest BCUT2D eigenvalue weighted by atomic mass is 9.94. The van der Waals surface area contributed by atoms with Gasteiger partial charge < -0.3 is 18.6 Å². The van der Waals surface area contributed by atoms with Crippen LogP contribution in [-0.2, 0) is 0 Å². The molecular formula is C24H20O5. The quantitative estimate of drug-likeness (QED) is 0.473. The number of fused-ring (bicyclic) bond motifs is 1. The highest BCUT2D eigenvalue weighted by Crippen LogP contribution is 2.48. The Balaban J connectivity index is 2.25. The van der Waals surface area contributed by atoms with Crippen LogP contribution in [0.1, 0.15) is 0 Å². The lowest BCUT2D eigenvalue weighted by Gasteiger charge is -2.18. The second kappa shape index (κ2) is 7.72. The Kier molecular flexibility index (Phi) is 4.96. The summed E-state index contributed by atoms with van der Waals surface area (Å²) in [7, 11) is 4.60. The van der Waals surface area contributed by atoms with E-state index < -0.39 is 5.63 Å². The molecule has 0 fully saturated rings. The van der Waals surface area contributed by atoms with E-state index in [-0.39, 0.29) is 0 Å². The Morgan fingerprint density at radius 1 is 0.724 bits per heavy atom. The Morgan fingerprint density at radius 2 is 1.31 bits per heavy atom. The smallest absolute Gasteiger partial charge is 0.344 e. The van der Waals surface area contributed by atoms with Crippen molar-refractivity contribution in [3.8, 4) is 39.7 Å². The summed E-state index contributed by atoms with van der Waals surface area (Å²) in [6.07, 6.45) is 0. The summed E-state index contributed by atoms with van der Waals surface area (Å²) in [5.41, 5.74) is 1.97. The molecule has 0 unspecified atom stereocenters. The topological polar surface area (TPSA) is 57.9 Å². The fourth-order valence-corrected chi connectivity index (χ4v) is 3.55. The van der Waals surface area contributed by atoms with E-state index in [0.29, 0.717) is 33.8 Å². The summed E-state index contributed by atoms with van der Waals surface area (Å²) in [5, 5.41) is 0.976. The molecule has 0 atom stereocenters. The van der Waals surface area contributed by atoms with E-state index in [9.17, 15) is 4.79 Å². The number of hydrogen-bond donors (Lipinski definition) is 0. The third-order valence-corrected chi connectivity index (χ3v) is 4.82. The van der Waals surface area contributed by atoms with Gasteiger partial charge in [0.1, 0.15) is 5.76 Å². The summed E-state index contributed by atoms with van der Waals surface area (Å²) in [4.78, 5) is 13.0. The van der Waals surface area contributed by atoms with E-state index in [0.717, 1.165) is 16.7 Å². The maximum atomic E-state index is 13.0. The van der Waals surface area contributed by atoms with Crippen LogP contribution < -0.4 is 19.8 Å². The van der Waals surface area contributed by atoms with Crippen molar-refractivity contribution in [1.82, 2.24) is 0 Å². The minimum absolute atomic E-state index is 0.359. The first-order valence-electron chi connectivity index (χ1n) is 9.10. The van der Waals surface area contributed by atoms with E-state index in [1.165, 1.54) is 14.2 Å². The maximum Gasteiger partial charge on any atom is 0.344 e. The van der Waals surface area contributed by atoms with Gasteiger partial charge in [-0.15, -0.1) is 0 Å². The average molecular weight is 388 g/mol. The molecule has 29 heavy (non-hydrogen) atoms. The van der Waals surface area contributed by atoms with E-state index in [1.807, 2.05) is 60.7 Å². The Morgan fingerprint density at radius 3 is 1.86 bits per heavy atom. The summed E-state index contributed by atoms with van der Waals surface area (Å²) in [5.74, 6) is 1.71. The number of rotatable bonds is 5. The molecule has 0 saturated carbocycles. The number of ether oxygens (including phenoxy) is 3. The van der Waals surface area contributed by atoms with Gasteiger partial charge in [0.05, 0.1) is 26.7 Å². The molecule has 1 aromatic heterocycles. The summed E-state index contributed by atoms with van der Waals surface area (Å²) < 4.78 is 22.5. The highest BCUT2D eigenvalue weighted by atomic mass is 16.5. The van der Waals surface area contributed by atoms with Crippen LogP contribution in [0.25, 0.3) is 33.2 Å². The second-order valence-corrected chi connectivity index (χ2v) is 6.39. The van der Waals surface area contributed by atoms with Gasteiger partial charge in [0.15, 0.2) is 11.5 Å². The van der Waals surface area contributed by atoms with Crippen LogP contribution >= 0.6 is 0 Å². The lowest BCUT2D eigenvalue weighted by molar-refractivity contribution is 0.327. The SMILES string of the molecule is COc1cc2c(=O)oc(-c3ccccc3)c(-c3ccccc3)c2c(OC)c1OC.